The van der Waals surface area contributed by atoms with E-state index in [9.17, 15) is 0 Å². The maximum absolute atomic E-state index is 2.55. The van der Waals surface area contributed by atoms with Crippen LogP contribution in [0.2, 0.25) is 0 Å². The number of hydrogen-bond donors (Lipinski definition) is 0. The second kappa shape index (κ2) is 12.3. The number of hydrogen-bond acceptors (Lipinski definition) is 0. The molecule has 37 heavy (non-hydrogen) atoms. The molecule has 0 N–H and O–H groups in total. The SMILES string of the molecule is C1=C[C]([Zr][C]2(c3ccccc3)C=CC(c3ccccc3)=P2)(c2ccccc2)P=C1c1ccccc1.Cl.Cl. The molecule has 0 nitrogen and oxygen atoms in total. The first-order valence-corrected chi connectivity index (χ1v) is 16.1. The summed E-state index contributed by atoms with van der Waals surface area (Å²) in [6.07, 6.45) is 9.90. The molecule has 4 aromatic carbocycles. The van der Waals surface area contributed by atoms with Crippen LogP contribution in [0, 0.1) is 0 Å². The van der Waals surface area contributed by atoms with Gasteiger partial charge in [0.05, 0.1) is 0 Å². The fraction of sp³-hybridized carbons (Fsp3) is 0.0625. The van der Waals surface area contributed by atoms with Crippen molar-refractivity contribution >= 4 is 51.8 Å². The molecule has 5 heteroatoms. The second-order valence-electron chi connectivity index (χ2n) is 8.78. The molecule has 2 aliphatic rings. The molecule has 182 valence electrons. The van der Waals surface area contributed by atoms with E-state index in [2.05, 4.69) is 146 Å². The van der Waals surface area contributed by atoms with Gasteiger partial charge >= 0.3 is 224 Å². The first kappa shape index (κ1) is 28.2. The minimum Gasteiger partial charge on any atom is -0.147 e. The zero-order valence-electron chi connectivity index (χ0n) is 20.1. The van der Waals surface area contributed by atoms with Crippen molar-refractivity contribution in [2.45, 2.75) is 5.73 Å². The molecule has 0 saturated heterocycles. The van der Waals surface area contributed by atoms with E-state index >= 15 is 0 Å². The van der Waals surface area contributed by atoms with E-state index in [-0.39, 0.29) is 30.5 Å². The van der Waals surface area contributed by atoms with Gasteiger partial charge in [0.2, 0.25) is 0 Å². The number of benzene rings is 4. The predicted molar refractivity (Wildman–Crippen MR) is 164 cm³/mol. The average molecular weight is 635 g/mol. The van der Waals surface area contributed by atoms with Crippen molar-refractivity contribution in [3.63, 3.8) is 0 Å². The van der Waals surface area contributed by atoms with Crippen LogP contribution in [-0.2, 0) is 29.0 Å². The normalized spacial score (nSPS) is 22.3. The molecule has 6 rings (SSSR count). The Morgan fingerprint density at radius 2 is 0.757 bits per heavy atom. The second-order valence-corrected chi connectivity index (χ2v) is 18.2. The molecular weight excluding hydrogens is 608 g/mol. The van der Waals surface area contributed by atoms with E-state index in [1.165, 1.54) is 49.2 Å². The van der Waals surface area contributed by atoms with Crippen LogP contribution in [-0.4, -0.2) is 10.6 Å². The van der Waals surface area contributed by atoms with E-state index < -0.39 is 23.2 Å². The van der Waals surface area contributed by atoms with Crippen LogP contribution in [0.1, 0.15) is 22.3 Å². The molecule has 2 aliphatic heterocycles. The Balaban J connectivity index is 0.00000160. The van der Waals surface area contributed by atoms with Crippen molar-refractivity contribution in [3.05, 3.63) is 168 Å². The van der Waals surface area contributed by atoms with E-state index in [1.807, 2.05) is 0 Å². The molecule has 4 aromatic rings. The largest absolute Gasteiger partial charge is 0.147 e. The Morgan fingerprint density at radius 3 is 1.11 bits per heavy atom. The van der Waals surface area contributed by atoms with Gasteiger partial charge in [0.25, 0.3) is 0 Å². The van der Waals surface area contributed by atoms with Gasteiger partial charge in [-0.25, -0.2) is 0 Å². The molecule has 0 radical (unpaired) electrons. The zero-order valence-corrected chi connectivity index (χ0v) is 25.9. The molecule has 0 bridgehead atoms. The summed E-state index contributed by atoms with van der Waals surface area (Å²) >= 11 is -1.16. The quantitative estimate of drug-likeness (QED) is 0.186. The molecule has 2 unspecified atom stereocenters. The van der Waals surface area contributed by atoms with Gasteiger partial charge in [-0.15, -0.1) is 24.8 Å². The summed E-state index contributed by atoms with van der Waals surface area (Å²) in [6, 6.07) is 44.3. The molecular formula is C32H26Cl2P2Zr. The van der Waals surface area contributed by atoms with Gasteiger partial charge in [-0.1, -0.05) is 0 Å². The van der Waals surface area contributed by atoms with E-state index in [1.54, 1.807) is 0 Å². The third kappa shape index (κ3) is 5.78. The van der Waals surface area contributed by atoms with Crippen LogP contribution in [0.15, 0.2) is 146 Å². The van der Waals surface area contributed by atoms with E-state index in [0.717, 1.165) is 0 Å². The van der Waals surface area contributed by atoms with E-state index in [4.69, 9.17) is 0 Å². The maximum Gasteiger partial charge on any atom is -0.147 e. The van der Waals surface area contributed by atoms with Crippen molar-refractivity contribution in [1.82, 2.24) is 0 Å². The van der Waals surface area contributed by atoms with Gasteiger partial charge in [-0.05, 0) is 0 Å². The van der Waals surface area contributed by atoms with Gasteiger partial charge in [-0.3, -0.25) is 0 Å². The number of allylic oxidation sites excluding steroid dienone is 4. The van der Waals surface area contributed by atoms with Gasteiger partial charge in [0.1, 0.15) is 0 Å². The minimum absolute atomic E-state index is 0. The average Bonchev–Trinajstić information content (AvgIpc) is 3.57. The Bertz CT molecular complexity index is 1340. The third-order valence-electron chi connectivity index (χ3n) is 6.51. The molecule has 0 aromatic heterocycles. The third-order valence-corrected chi connectivity index (χ3v) is 16.4. The number of rotatable bonds is 6. The molecule has 0 saturated carbocycles. The van der Waals surface area contributed by atoms with Crippen molar-refractivity contribution in [2.75, 3.05) is 0 Å². The summed E-state index contributed by atoms with van der Waals surface area (Å²) < 4.78 is 0.157. The molecule has 2 atom stereocenters. The van der Waals surface area contributed by atoms with Crippen LogP contribution in [0.3, 0.4) is 0 Å². The van der Waals surface area contributed by atoms with Crippen LogP contribution in [0.4, 0.5) is 0 Å². The minimum atomic E-state index is -1.16. The summed E-state index contributed by atoms with van der Waals surface area (Å²) in [5.41, 5.74) is 5.60. The fourth-order valence-corrected chi connectivity index (χ4v) is 16.3. The Labute approximate surface area is 246 Å². The Kier molecular flexibility index (Phi) is 9.40. The summed E-state index contributed by atoms with van der Waals surface area (Å²) in [6.45, 7) is 0. The molecule has 0 amide bonds. The summed E-state index contributed by atoms with van der Waals surface area (Å²) in [4.78, 5) is 0. The van der Waals surface area contributed by atoms with Gasteiger partial charge in [0.15, 0.2) is 0 Å². The first-order chi connectivity index (χ1) is 17.3. The fourth-order valence-electron chi connectivity index (χ4n) is 4.75. The number of halogens is 2. The van der Waals surface area contributed by atoms with E-state index in [0.29, 0.717) is 0 Å². The van der Waals surface area contributed by atoms with Crippen LogP contribution >= 0.6 is 41.2 Å². The first-order valence-electron chi connectivity index (χ1n) is 11.9. The van der Waals surface area contributed by atoms with Gasteiger partial charge < -0.3 is 0 Å². The van der Waals surface area contributed by atoms with Gasteiger partial charge in [0, 0.05) is 0 Å². The van der Waals surface area contributed by atoms with Crippen LogP contribution in [0.25, 0.3) is 0 Å². The molecule has 0 fully saturated rings. The monoisotopic (exact) mass is 632 g/mol. The maximum atomic E-state index is 2.55. The topological polar surface area (TPSA) is 0 Å². The smallest absolute Gasteiger partial charge is 0.147 e. The Hall–Kier alpha value is -1.84. The molecule has 2 heterocycles. The standard InChI is InChI=1S/2C16H12P.2ClH.Zr/c2*1-3-7-13(8-4-1)15-11-12-16(17-15)14-9-5-2-6-10-14;;;/h2*1-12H;2*1H;. The summed E-state index contributed by atoms with van der Waals surface area (Å²) in [7, 11) is 2.84. The molecule has 0 aliphatic carbocycles. The zero-order chi connectivity index (χ0) is 23.6. The van der Waals surface area contributed by atoms with Crippen molar-refractivity contribution in [1.29, 1.82) is 0 Å². The van der Waals surface area contributed by atoms with Crippen LogP contribution < -0.4 is 0 Å². The van der Waals surface area contributed by atoms with Crippen molar-refractivity contribution < 1.29 is 23.2 Å². The predicted octanol–water partition coefficient (Wildman–Crippen LogP) is 9.09. The van der Waals surface area contributed by atoms with Crippen molar-refractivity contribution in [3.8, 4) is 0 Å². The van der Waals surface area contributed by atoms with Crippen LogP contribution in [0.5, 0.6) is 0 Å². The Morgan fingerprint density at radius 1 is 0.432 bits per heavy atom. The molecule has 0 spiro atoms. The van der Waals surface area contributed by atoms with Gasteiger partial charge in [-0.2, -0.15) is 0 Å². The summed E-state index contributed by atoms with van der Waals surface area (Å²) in [5.74, 6) is 0. The van der Waals surface area contributed by atoms with Crippen molar-refractivity contribution in [2.24, 2.45) is 0 Å². The summed E-state index contributed by atoms with van der Waals surface area (Å²) in [5, 5.41) is 2.87.